The van der Waals surface area contributed by atoms with E-state index >= 15 is 0 Å². The van der Waals surface area contributed by atoms with Gasteiger partial charge in [-0.05, 0) is 36.6 Å². The number of hydrogen-bond donors (Lipinski definition) is 2. The van der Waals surface area contributed by atoms with Crippen molar-refractivity contribution in [1.82, 2.24) is 9.88 Å². The fraction of sp³-hybridized carbons (Fsp3) is 0.308. The fourth-order valence-electron chi connectivity index (χ4n) is 4.24. The molecule has 7 heteroatoms. The van der Waals surface area contributed by atoms with Crippen LogP contribution in [0.2, 0.25) is 0 Å². The van der Waals surface area contributed by atoms with Gasteiger partial charge in [0.05, 0.1) is 18.2 Å². The molecule has 1 aliphatic heterocycles. The third-order valence-corrected chi connectivity index (χ3v) is 5.78. The maximum Gasteiger partial charge on any atom is 0.295 e. The average molecular weight is 449 g/mol. The molecule has 3 aromatic rings. The molecule has 1 unspecified atom stereocenters. The van der Waals surface area contributed by atoms with Crippen molar-refractivity contribution in [3.05, 3.63) is 71.4 Å². The van der Waals surface area contributed by atoms with E-state index in [1.807, 2.05) is 55.5 Å². The van der Waals surface area contributed by atoms with Crippen molar-refractivity contribution in [2.24, 2.45) is 0 Å². The first kappa shape index (κ1) is 22.6. The summed E-state index contributed by atoms with van der Waals surface area (Å²) in [5.74, 6) is -0.855. The van der Waals surface area contributed by atoms with Crippen LogP contribution in [0.3, 0.4) is 0 Å². The molecule has 0 bridgehead atoms. The number of carbonyl (C=O) groups excluding carboxylic acids is 2. The predicted octanol–water partition coefficient (Wildman–Crippen LogP) is 4.41. The lowest BCUT2D eigenvalue weighted by Gasteiger charge is -2.25. The first-order valence-corrected chi connectivity index (χ1v) is 11.1. The van der Waals surface area contributed by atoms with Crippen molar-refractivity contribution in [2.75, 3.05) is 26.9 Å². The Hall–Kier alpha value is -3.58. The molecule has 4 rings (SSSR count). The van der Waals surface area contributed by atoms with Crippen LogP contribution in [0.4, 0.5) is 0 Å². The van der Waals surface area contributed by atoms with Crippen molar-refractivity contribution in [3.63, 3.8) is 0 Å². The van der Waals surface area contributed by atoms with Crippen LogP contribution >= 0.6 is 0 Å². The highest BCUT2D eigenvalue weighted by molar-refractivity contribution is 6.46. The van der Waals surface area contributed by atoms with E-state index in [2.05, 4.69) is 4.98 Å². The highest BCUT2D eigenvalue weighted by atomic mass is 16.5. The second kappa shape index (κ2) is 9.92. The zero-order valence-corrected chi connectivity index (χ0v) is 18.8. The van der Waals surface area contributed by atoms with E-state index in [1.165, 1.54) is 4.90 Å². The number of hydrogen-bond acceptors (Lipinski definition) is 5. The van der Waals surface area contributed by atoms with Gasteiger partial charge in [-0.2, -0.15) is 0 Å². The molecule has 1 amide bonds. The topological polar surface area (TPSA) is 91.9 Å². The van der Waals surface area contributed by atoms with Gasteiger partial charge in [0, 0.05) is 42.9 Å². The smallest absolute Gasteiger partial charge is 0.295 e. The number of likely N-dealkylation sites (tertiary alicyclic amines) is 1. The lowest BCUT2D eigenvalue weighted by molar-refractivity contribution is -0.140. The van der Waals surface area contributed by atoms with Gasteiger partial charge in [0.1, 0.15) is 11.5 Å². The van der Waals surface area contributed by atoms with Crippen LogP contribution in [-0.4, -0.2) is 53.5 Å². The van der Waals surface area contributed by atoms with E-state index in [0.29, 0.717) is 43.1 Å². The van der Waals surface area contributed by atoms with E-state index < -0.39 is 17.7 Å². The first-order valence-electron chi connectivity index (χ1n) is 11.1. The number of benzene rings is 2. The minimum Gasteiger partial charge on any atom is -0.507 e. The zero-order valence-electron chi connectivity index (χ0n) is 18.8. The number of aliphatic hydroxyl groups excluding tert-OH is 1. The van der Waals surface area contributed by atoms with Crippen LogP contribution in [0.1, 0.15) is 36.9 Å². The number of nitrogens with one attached hydrogen (secondary N) is 1. The van der Waals surface area contributed by atoms with Crippen LogP contribution in [0, 0.1) is 0 Å². The Morgan fingerprint density at radius 3 is 2.73 bits per heavy atom. The van der Waals surface area contributed by atoms with Crippen molar-refractivity contribution < 1.29 is 24.2 Å². The SMILES string of the molecule is CCCOc1cccc(C2/C(=C(/O)c3c[nH]c4ccccc34)C(=O)C(=O)N2CCCOC)c1. The van der Waals surface area contributed by atoms with Crippen LogP contribution in [-0.2, 0) is 14.3 Å². The number of Topliss-reactive ketones (excluding diaryl/α,β-unsaturated/α-hetero) is 1. The number of fused-ring (bicyclic) bond motifs is 1. The van der Waals surface area contributed by atoms with Crippen molar-refractivity contribution in [1.29, 1.82) is 0 Å². The van der Waals surface area contributed by atoms with Crippen LogP contribution < -0.4 is 4.74 Å². The lowest BCUT2D eigenvalue weighted by Crippen LogP contribution is -2.31. The second-order valence-electron chi connectivity index (χ2n) is 8.01. The summed E-state index contributed by atoms with van der Waals surface area (Å²) >= 11 is 0. The molecule has 0 aliphatic carbocycles. The average Bonchev–Trinajstić information content (AvgIpc) is 3.37. The molecule has 1 fully saturated rings. The molecule has 2 aromatic carbocycles. The third-order valence-electron chi connectivity index (χ3n) is 5.78. The summed E-state index contributed by atoms with van der Waals surface area (Å²) in [7, 11) is 1.59. The van der Waals surface area contributed by atoms with Gasteiger partial charge in [0.15, 0.2) is 0 Å². The minimum atomic E-state index is -0.722. The molecule has 1 atom stereocenters. The molecule has 0 spiro atoms. The standard InChI is InChI=1S/C26H28N2O5/c1-3-13-33-18-9-6-8-17(15-18)23-22(25(30)26(31)28(23)12-7-14-32-2)24(29)20-16-27-21-11-5-4-10-19(20)21/h4-6,8-11,15-16,23,27,29H,3,7,12-14H2,1-2H3/b24-22-. The molecule has 7 nitrogen and oxygen atoms in total. The molecule has 2 N–H and O–H groups in total. The molecule has 0 saturated carbocycles. The number of aromatic nitrogens is 1. The molecule has 0 radical (unpaired) electrons. The van der Waals surface area contributed by atoms with Crippen LogP contribution in [0.15, 0.2) is 60.3 Å². The summed E-state index contributed by atoms with van der Waals surface area (Å²) in [5, 5.41) is 12.1. The number of aliphatic hydroxyl groups is 1. The van der Waals surface area contributed by atoms with E-state index in [0.717, 1.165) is 17.3 Å². The summed E-state index contributed by atoms with van der Waals surface area (Å²) in [6, 6.07) is 14.1. The Morgan fingerprint density at radius 2 is 1.94 bits per heavy atom. The number of para-hydroxylation sites is 1. The Morgan fingerprint density at radius 1 is 1.12 bits per heavy atom. The molecule has 1 aliphatic rings. The number of ether oxygens (including phenoxy) is 2. The number of carbonyl (C=O) groups is 2. The Balaban J connectivity index is 1.84. The highest BCUT2D eigenvalue weighted by Crippen LogP contribution is 2.41. The first-order chi connectivity index (χ1) is 16.1. The van der Waals surface area contributed by atoms with Crippen molar-refractivity contribution in [3.8, 4) is 5.75 Å². The van der Waals surface area contributed by atoms with Crippen LogP contribution in [0.25, 0.3) is 16.7 Å². The summed E-state index contributed by atoms with van der Waals surface area (Å²) in [5.41, 5.74) is 2.11. The predicted molar refractivity (Wildman–Crippen MR) is 126 cm³/mol. The molecule has 2 heterocycles. The Labute approximate surface area is 192 Å². The van der Waals surface area contributed by atoms with Gasteiger partial charge in [-0.1, -0.05) is 37.3 Å². The van der Waals surface area contributed by atoms with Gasteiger partial charge in [-0.25, -0.2) is 0 Å². The maximum absolute atomic E-state index is 13.2. The number of aromatic amines is 1. The van der Waals surface area contributed by atoms with Gasteiger partial charge in [0.2, 0.25) is 0 Å². The van der Waals surface area contributed by atoms with E-state index in [1.54, 1.807) is 13.3 Å². The van der Waals surface area contributed by atoms with Gasteiger partial charge >= 0.3 is 0 Å². The van der Waals surface area contributed by atoms with Gasteiger partial charge in [-0.15, -0.1) is 0 Å². The number of amides is 1. The molecule has 1 saturated heterocycles. The molecule has 33 heavy (non-hydrogen) atoms. The third kappa shape index (κ3) is 4.36. The normalized spacial score (nSPS) is 17.8. The molecule has 1 aromatic heterocycles. The molecular weight excluding hydrogens is 420 g/mol. The fourth-order valence-corrected chi connectivity index (χ4v) is 4.24. The monoisotopic (exact) mass is 448 g/mol. The number of rotatable bonds is 9. The number of methoxy groups -OCH3 is 1. The molecule has 172 valence electrons. The summed E-state index contributed by atoms with van der Waals surface area (Å²) < 4.78 is 10.9. The largest absolute Gasteiger partial charge is 0.507 e. The van der Waals surface area contributed by atoms with E-state index in [-0.39, 0.29) is 11.3 Å². The quantitative estimate of drug-likeness (QED) is 0.219. The van der Waals surface area contributed by atoms with E-state index in [4.69, 9.17) is 9.47 Å². The van der Waals surface area contributed by atoms with Gasteiger partial charge in [-0.3, -0.25) is 9.59 Å². The summed E-state index contributed by atoms with van der Waals surface area (Å²) in [4.78, 5) is 30.9. The number of ketones is 1. The lowest BCUT2D eigenvalue weighted by atomic mass is 9.95. The molecular formula is C26H28N2O5. The van der Waals surface area contributed by atoms with Crippen molar-refractivity contribution >= 4 is 28.4 Å². The van der Waals surface area contributed by atoms with Gasteiger partial charge < -0.3 is 24.5 Å². The second-order valence-corrected chi connectivity index (χ2v) is 8.01. The Kier molecular flexibility index (Phi) is 6.79. The Bertz CT molecular complexity index is 1200. The number of H-pyrrole nitrogens is 1. The summed E-state index contributed by atoms with van der Waals surface area (Å²) in [6.07, 6.45) is 3.09. The van der Waals surface area contributed by atoms with Crippen molar-refractivity contribution in [2.45, 2.75) is 25.8 Å². The van der Waals surface area contributed by atoms with Crippen LogP contribution in [0.5, 0.6) is 5.75 Å². The van der Waals surface area contributed by atoms with E-state index in [9.17, 15) is 14.7 Å². The maximum atomic E-state index is 13.2. The minimum absolute atomic E-state index is 0.0785. The zero-order chi connectivity index (χ0) is 23.4. The highest BCUT2D eigenvalue weighted by Gasteiger charge is 2.46. The summed E-state index contributed by atoms with van der Waals surface area (Å²) in [6.45, 7) is 3.37. The van der Waals surface area contributed by atoms with Gasteiger partial charge in [0.25, 0.3) is 11.7 Å². The number of nitrogens with zero attached hydrogens (tertiary/aromatic N) is 1.